The van der Waals surface area contributed by atoms with Crippen LogP contribution in [0.25, 0.3) is 0 Å². The number of anilines is 1. The van der Waals surface area contributed by atoms with Gasteiger partial charge in [-0.1, -0.05) is 11.6 Å². The molecular weight excluding hydrogens is 352 g/mol. The number of hydrogen-bond donors (Lipinski definition) is 0. The van der Waals surface area contributed by atoms with Gasteiger partial charge in [-0.3, -0.25) is 4.79 Å². The standard InChI is InChI=1S/C20H23ClN2O3/c1-3-26-19-9-4-15(14-18(19)21)20(24)23-12-10-22(11-13-23)16-5-7-17(25-2)8-6-16/h4-9,14H,3,10-13H2,1-2H3. The van der Waals surface area contributed by atoms with Gasteiger partial charge in [0.1, 0.15) is 11.5 Å². The first-order valence-electron chi connectivity index (χ1n) is 8.73. The monoisotopic (exact) mass is 374 g/mol. The van der Waals surface area contributed by atoms with Crippen LogP contribution in [0.1, 0.15) is 17.3 Å². The van der Waals surface area contributed by atoms with Gasteiger partial charge in [0.05, 0.1) is 18.7 Å². The zero-order valence-corrected chi connectivity index (χ0v) is 15.8. The lowest BCUT2D eigenvalue weighted by molar-refractivity contribution is 0.0747. The van der Waals surface area contributed by atoms with Crippen LogP contribution >= 0.6 is 11.6 Å². The highest BCUT2D eigenvalue weighted by Gasteiger charge is 2.23. The molecule has 138 valence electrons. The molecule has 1 aliphatic heterocycles. The van der Waals surface area contributed by atoms with E-state index in [1.54, 1.807) is 25.3 Å². The molecule has 0 aliphatic carbocycles. The summed E-state index contributed by atoms with van der Waals surface area (Å²) in [6, 6.07) is 13.2. The second-order valence-corrected chi connectivity index (χ2v) is 6.46. The van der Waals surface area contributed by atoms with Crippen molar-refractivity contribution < 1.29 is 14.3 Å². The van der Waals surface area contributed by atoms with Crippen molar-refractivity contribution in [2.24, 2.45) is 0 Å². The fraction of sp³-hybridized carbons (Fsp3) is 0.350. The molecule has 0 radical (unpaired) electrons. The fourth-order valence-corrected chi connectivity index (χ4v) is 3.28. The number of carbonyl (C=O) groups is 1. The molecular formula is C20H23ClN2O3. The normalized spacial score (nSPS) is 14.3. The summed E-state index contributed by atoms with van der Waals surface area (Å²) in [7, 11) is 1.66. The molecule has 0 N–H and O–H groups in total. The zero-order chi connectivity index (χ0) is 18.5. The number of ether oxygens (including phenoxy) is 2. The summed E-state index contributed by atoms with van der Waals surface area (Å²) < 4.78 is 10.6. The second kappa shape index (κ2) is 8.32. The first-order valence-corrected chi connectivity index (χ1v) is 9.10. The van der Waals surface area contributed by atoms with E-state index in [0.717, 1.165) is 24.5 Å². The average Bonchev–Trinajstić information content (AvgIpc) is 2.69. The smallest absolute Gasteiger partial charge is 0.254 e. The SMILES string of the molecule is CCOc1ccc(C(=O)N2CCN(c3ccc(OC)cc3)CC2)cc1Cl. The minimum atomic E-state index is 0.00401. The van der Waals surface area contributed by atoms with Crippen LogP contribution in [0.3, 0.4) is 0 Å². The van der Waals surface area contributed by atoms with Crippen LogP contribution in [-0.4, -0.2) is 50.7 Å². The molecule has 0 saturated carbocycles. The van der Waals surface area contributed by atoms with Gasteiger partial charge in [-0.25, -0.2) is 0 Å². The number of benzene rings is 2. The molecule has 0 aromatic heterocycles. The maximum Gasteiger partial charge on any atom is 0.254 e. The Morgan fingerprint density at radius 3 is 2.35 bits per heavy atom. The van der Waals surface area contributed by atoms with E-state index in [0.29, 0.717) is 36.0 Å². The van der Waals surface area contributed by atoms with E-state index in [1.165, 1.54) is 0 Å². The van der Waals surface area contributed by atoms with E-state index in [-0.39, 0.29) is 5.91 Å². The third kappa shape index (κ3) is 4.05. The molecule has 0 atom stereocenters. The third-order valence-electron chi connectivity index (χ3n) is 4.48. The minimum absolute atomic E-state index is 0.00401. The lowest BCUT2D eigenvalue weighted by Crippen LogP contribution is -2.48. The number of halogens is 1. The number of carbonyl (C=O) groups excluding carboxylic acids is 1. The van der Waals surface area contributed by atoms with Crippen molar-refractivity contribution in [2.45, 2.75) is 6.92 Å². The zero-order valence-electron chi connectivity index (χ0n) is 15.1. The summed E-state index contributed by atoms with van der Waals surface area (Å²) in [5.74, 6) is 1.45. The van der Waals surface area contributed by atoms with Gasteiger partial charge in [-0.05, 0) is 49.4 Å². The highest BCUT2D eigenvalue weighted by Crippen LogP contribution is 2.26. The molecule has 2 aromatic rings. The van der Waals surface area contributed by atoms with Gasteiger partial charge in [0.15, 0.2) is 0 Å². The lowest BCUT2D eigenvalue weighted by Gasteiger charge is -2.36. The quantitative estimate of drug-likeness (QED) is 0.800. The summed E-state index contributed by atoms with van der Waals surface area (Å²) >= 11 is 6.20. The van der Waals surface area contributed by atoms with E-state index < -0.39 is 0 Å². The first-order chi connectivity index (χ1) is 12.6. The van der Waals surface area contributed by atoms with Crippen LogP contribution < -0.4 is 14.4 Å². The molecule has 1 heterocycles. The topological polar surface area (TPSA) is 42.0 Å². The minimum Gasteiger partial charge on any atom is -0.497 e. The Morgan fingerprint density at radius 2 is 1.77 bits per heavy atom. The number of piperazine rings is 1. The van der Waals surface area contributed by atoms with E-state index in [9.17, 15) is 4.79 Å². The van der Waals surface area contributed by atoms with Gasteiger partial charge < -0.3 is 19.3 Å². The van der Waals surface area contributed by atoms with E-state index >= 15 is 0 Å². The first kappa shape index (κ1) is 18.4. The highest BCUT2D eigenvalue weighted by atomic mass is 35.5. The van der Waals surface area contributed by atoms with Crippen molar-refractivity contribution in [3.63, 3.8) is 0 Å². The van der Waals surface area contributed by atoms with E-state index in [1.807, 2.05) is 36.1 Å². The van der Waals surface area contributed by atoms with Crippen LogP contribution in [0.4, 0.5) is 5.69 Å². The molecule has 3 rings (SSSR count). The van der Waals surface area contributed by atoms with Crippen LogP contribution in [-0.2, 0) is 0 Å². The largest absolute Gasteiger partial charge is 0.497 e. The molecule has 26 heavy (non-hydrogen) atoms. The van der Waals surface area contributed by atoms with Crippen molar-refractivity contribution >= 4 is 23.2 Å². The molecule has 2 aromatic carbocycles. The number of rotatable bonds is 5. The van der Waals surface area contributed by atoms with Gasteiger partial charge in [0, 0.05) is 37.4 Å². The Labute approximate surface area is 159 Å². The van der Waals surface area contributed by atoms with Gasteiger partial charge in [-0.15, -0.1) is 0 Å². The molecule has 5 nitrogen and oxygen atoms in total. The number of nitrogens with zero attached hydrogens (tertiary/aromatic N) is 2. The maximum absolute atomic E-state index is 12.7. The van der Waals surface area contributed by atoms with Crippen LogP contribution in [0.5, 0.6) is 11.5 Å². The van der Waals surface area contributed by atoms with Crippen LogP contribution in [0, 0.1) is 0 Å². The van der Waals surface area contributed by atoms with Crippen molar-refractivity contribution in [3.8, 4) is 11.5 Å². The molecule has 1 fully saturated rings. The second-order valence-electron chi connectivity index (χ2n) is 6.06. The van der Waals surface area contributed by atoms with Crippen molar-refractivity contribution in [2.75, 3.05) is 44.8 Å². The van der Waals surface area contributed by atoms with E-state index in [2.05, 4.69) is 4.90 Å². The molecule has 0 unspecified atom stereocenters. The summed E-state index contributed by atoms with van der Waals surface area (Å²) in [4.78, 5) is 16.9. The molecule has 1 aliphatic rings. The number of hydrogen-bond acceptors (Lipinski definition) is 4. The van der Waals surface area contributed by atoms with Crippen molar-refractivity contribution in [3.05, 3.63) is 53.1 Å². The average molecular weight is 375 g/mol. The molecule has 1 saturated heterocycles. The predicted molar refractivity (Wildman–Crippen MR) is 104 cm³/mol. The Morgan fingerprint density at radius 1 is 1.08 bits per heavy atom. The molecule has 1 amide bonds. The Balaban J connectivity index is 1.62. The van der Waals surface area contributed by atoms with Crippen molar-refractivity contribution in [1.82, 2.24) is 4.90 Å². The summed E-state index contributed by atoms with van der Waals surface area (Å²) in [5.41, 5.74) is 1.73. The Hall–Kier alpha value is -2.40. The Kier molecular flexibility index (Phi) is 5.89. The number of amides is 1. The molecule has 6 heteroatoms. The summed E-state index contributed by atoms with van der Waals surface area (Å²) in [5, 5.41) is 0.467. The van der Waals surface area contributed by atoms with Gasteiger partial charge in [0.25, 0.3) is 5.91 Å². The highest BCUT2D eigenvalue weighted by molar-refractivity contribution is 6.32. The maximum atomic E-state index is 12.7. The lowest BCUT2D eigenvalue weighted by atomic mass is 10.1. The summed E-state index contributed by atoms with van der Waals surface area (Å²) in [6.07, 6.45) is 0. The molecule has 0 spiro atoms. The summed E-state index contributed by atoms with van der Waals surface area (Å²) in [6.45, 7) is 5.38. The van der Waals surface area contributed by atoms with Gasteiger partial charge >= 0.3 is 0 Å². The number of methoxy groups -OCH3 is 1. The van der Waals surface area contributed by atoms with E-state index in [4.69, 9.17) is 21.1 Å². The third-order valence-corrected chi connectivity index (χ3v) is 4.78. The van der Waals surface area contributed by atoms with Crippen LogP contribution in [0.15, 0.2) is 42.5 Å². The Bertz CT molecular complexity index is 756. The predicted octanol–water partition coefficient (Wildman–Crippen LogP) is 3.71. The molecule has 0 bridgehead atoms. The van der Waals surface area contributed by atoms with Gasteiger partial charge in [-0.2, -0.15) is 0 Å². The van der Waals surface area contributed by atoms with Crippen LogP contribution in [0.2, 0.25) is 5.02 Å². The van der Waals surface area contributed by atoms with Crippen molar-refractivity contribution in [1.29, 1.82) is 0 Å². The fourth-order valence-electron chi connectivity index (χ4n) is 3.05. The van der Waals surface area contributed by atoms with Gasteiger partial charge in [0.2, 0.25) is 0 Å².